The van der Waals surface area contributed by atoms with Crippen LogP contribution in [0.2, 0.25) is 0 Å². The summed E-state index contributed by atoms with van der Waals surface area (Å²) >= 11 is 4.95. The van der Waals surface area contributed by atoms with Crippen LogP contribution in [0.3, 0.4) is 0 Å². The first kappa shape index (κ1) is 17.0. The number of fused-ring (bicyclic) bond motifs is 1. The highest BCUT2D eigenvalue weighted by atomic mass is 79.9. The van der Waals surface area contributed by atoms with E-state index in [1.165, 1.54) is 11.3 Å². The summed E-state index contributed by atoms with van der Waals surface area (Å²) in [6.45, 7) is 2.65. The van der Waals surface area contributed by atoms with E-state index in [9.17, 15) is 4.79 Å². The van der Waals surface area contributed by atoms with Gasteiger partial charge >= 0.3 is 0 Å². The third kappa shape index (κ3) is 2.93. The molecule has 3 aromatic rings. The molecule has 0 saturated carbocycles. The van der Waals surface area contributed by atoms with Gasteiger partial charge in [-0.25, -0.2) is 4.98 Å². The maximum Gasteiger partial charge on any atom is 0.263 e. The lowest BCUT2D eigenvalue weighted by molar-refractivity contribution is 0.0807. The quantitative estimate of drug-likeness (QED) is 0.657. The van der Waals surface area contributed by atoms with E-state index in [-0.39, 0.29) is 5.91 Å². The lowest BCUT2D eigenvalue weighted by atomic mass is 10.3. The number of hydrogen-bond donors (Lipinski definition) is 0. The van der Waals surface area contributed by atoms with Crippen LogP contribution in [0.5, 0.6) is 0 Å². The van der Waals surface area contributed by atoms with Crippen LogP contribution in [-0.2, 0) is 0 Å². The Bertz CT molecular complexity index is 882. The maximum atomic E-state index is 12.4. The lowest BCUT2D eigenvalue weighted by Crippen LogP contribution is -2.25. The minimum Gasteiger partial charge on any atom is -0.348 e. The highest BCUT2D eigenvalue weighted by Gasteiger charge is 2.21. The largest absolute Gasteiger partial charge is 0.348 e. The van der Waals surface area contributed by atoms with Gasteiger partial charge in [0, 0.05) is 37.8 Å². The number of rotatable bonds is 4. The minimum atomic E-state index is 0.0364. The highest BCUT2D eigenvalue weighted by molar-refractivity contribution is 9.10. The summed E-state index contributed by atoms with van der Waals surface area (Å²) in [4.78, 5) is 22.5. The zero-order valence-corrected chi connectivity index (χ0v) is 16.5. The molecule has 0 spiro atoms. The molecule has 1 amide bonds. The van der Waals surface area contributed by atoms with E-state index in [0.717, 1.165) is 26.5 Å². The van der Waals surface area contributed by atoms with Crippen LogP contribution in [0.4, 0.5) is 5.95 Å². The molecule has 0 radical (unpaired) electrons. The summed E-state index contributed by atoms with van der Waals surface area (Å²) in [6, 6.07) is 9.97. The highest BCUT2D eigenvalue weighted by Crippen LogP contribution is 2.33. The smallest absolute Gasteiger partial charge is 0.263 e. The molecule has 0 aliphatic rings. The normalized spacial score (nSPS) is 11.0. The molecule has 0 N–H and O–H groups in total. The van der Waals surface area contributed by atoms with E-state index in [4.69, 9.17) is 4.98 Å². The van der Waals surface area contributed by atoms with Crippen molar-refractivity contribution in [3.63, 3.8) is 0 Å². The molecule has 7 heteroatoms. The minimum absolute atomic E-state index is 0.0364. The number of nitrogens with zero attached hydrogens (tertiary/aromatic N) is 4. The van der Waals surface area contributed by atoms with Gasteiger partial charge in [-0.05, 0) is 37.3 Å². The Kier molecular flexibility index (Phi) is 4.64. The fourth-order valence-corrected chi connectivity index (χ4v) is 3.79. The van der Waals surface area contributed by atoms with Crippen molar-refractivity contribution >= 4 is 49.5 Å². The van der Waals surface area contributed by atoms with Gasteiger partial charge in [0.25, 0.3) is 5.91 Å². The Balaban J connectivity index is 2.17. The summed E-state index contributed by atoms with van der Waals surface area (Å²) in [5, 5.41) is 0. The number of carbonyl (C=O) groups is 1. The van der Waals surface area contributed by atoms with Crippen molar-refractivity contribution in [1.29, 1.82) is 0 Å². The second kappa shape index (κ2) is 6.57. The van der Waals surface area contributed by atoms with Gasteiger partial charge in [-0.15, -0.1) is 11.3 Å². The van der Waals surface area contributed by atoms with E-state index >= 15 is 0 Å². The molecular weight excluding hydrogens is 388 g/mol. The third-order valence-electron chi connectivity index (χ3n) is 3.83. The molecule has 24 heavy (non-hydrogen) atoms. The number of halogens is 1. The SMILES string of the molecule is CCN(C)C(=O)c1cc2nc(N(C)C)n(-c3ccc(Br)cc3)c2s1. The summed E-state index contributed by atoms with van der Waals surface area (Å²) in [6.07, 6.45) is 0. The Morgan fingerprint density at radius 1 is 1.25 bits per heavy atom. The first-order valence-corrected chi connectivity index (χ1v) is 9.24. The Morgan fingerprint density at radius 2 is 1.92 bits per heavy atom. The molecule has 1 aromatic carbocycles. The summed E-state index contributed by atoms with van der Waals surface area (Å²) in [5.74, 6) is 0.885. The molecule has 0 fully saturated rings. The number of amides is 1. The first-order valence-electron chi connectivity index (χ1n) is 7.63. The van der Waals surface area contributed by atoms with Crippen LogP contribution >= 0.6 is 27.3 Å². The molecular formula is C17H19BrN4OS. The van der Waals surface area contributed by atoms with Crippen LogP contribution < -0.4 is 4.90 Å². The van der Waals surface area contributed by atoms with Crippen molar-refractivity contribution in [3.8, 4) is 5.69 Å². The van der Waals surface area contributed by atoms with Gasteiger partial charge in [-0.2, -0.15) is 0 Å². The molecule has 0 unspecified atom stereocenters. The van der Waals surface area contributed by atoms with Crippen molar-refractivity contribution in [2.75, 3.05) is 32.6 Å². The van der Waals surface area contributed by atoms with Gasteiger partial charge in [0.2, 0.25) is 5.95 Å². The molecule has 0 bridgehead atoms. The number of benzene rings is 1. The van der Waals surface area contributed by atoms with Crippen molar-refractivity contribution < 1.29 is 4.79 Å². The number of hydrogen-bond acceptors (Lipinski definition) is 4. The number of anilines is 1. The fraction of sp³-hybridized carbons (Fsp3) is 0.294. The van der Waals surface area contributed by atoms with Gasteiger partial charge in [0.1, 0.15) is 10.3 Å². The van der Waals surface area contributed by atoms with Gasteiger partial charge in [0.15, 0.2) is 0 Å². The lowest BCUT2D eigenvalue weighted by Gasteiger charge is -2.15. The number of carbonyl (C=O) groups excluding carboxylic acids is 1. The van der Waals surface area contributed by atoms with E-state index in [0.29, 0.717) is 11.4 Å². The predicted octanol–water partition coefficient (Wildman–Crippen LogP) is 4.01. The topological polar surface area (TPSA) is 41.4 Å². The molecule has 126 valence electrons. The van der Waals surface area contributed by atoms with Gasteiger partial charge in [0.05, 0.1) is 4.88 Å². The van der Waals surface area contributed by atoms with Crippen LogP contribution in [-0.4, -0.2) is 48.0 Å². The van der Waals surface area contributed by atoms with Crippen LogP contribution in [0.1, 0.15) is 16.6 Å². The second-order valence-electron chi connectivity index (χ2n) is 5.74. The van der Waals surface area contributed by atoms with Gasteiger partial charge in [-0.1, -0.05) is 15.9 Å². The van der Waals surface area contributed by atoms with Crippen molar-refractivity contribution in [2.24, 2.45) is 0 Å². The summed E-state index contributed by atoms with van der Waals surface area (Å²) in [7, 11) is 5.75. The van der Waals surface area contributed by atoms with Crippen molar-refractivity contribution in [1.82, 2.24) is 14.5 Å². The fourth-order valence-electron chi connectivity index (χ4n) is 2.42. The maximum absolute atomic E-state index is 12.4. The monoisotopic (exact) mass is 406 g/mol. The number of thiophene rings is 1. The second-order valence-corrected chi connectivity index (χ2v) is 7.68. The van der Waals surface area contributed by atoms with Crippen LogP contribution in [0.25, 0.3) is 16.0 Å². The average molecular weight is 407 g/mol. The van der Waals surface area contributed by atoms with Gasteiger partial charge in [-0.3, -0.25) is 9.36 Å². The van der Waals surface area contributed by atoms with E-state index in [1.54, 1.807) is 4.90 Å². The first-order chi connectivity index (χ1) is 11.4. The Morgan fingerprint density at radius 3 is 2.50 bits per heavy atom. The average Bonchev–Trinajstić information content (AvgIpc) is 3.12. The van der Waals surface area contributed by atoms with Crippen molar-refractivity contribution in [3.05, 3.63) is 39.7 Å². The number of aromatic nitrogens is 2. The zero-order valence-electron chi connectivity index (χ0n) is 14.1. The third-order valence-corrected chi connectivity index (χ3v) is 5.46. The Labute approximate surface area is 153 Å². The molecule has 0 atom stereocenters. The summed E-state index contributed by atoms with van der Waals surface area (Å²) < 4.78 is 3.12. The summed E-state index contributed by atoms with van der Waals surface area (Å²) in [5.41, 5.74) is 1.87. The van der Waals surface area contributed by atoms with Gasteiger partial charge < -0.3 is 9.80 Å². The molecule has 0 aliphatic carbocycles. The van der Waals surface area contributed by atoms with Crippen LogP contribution in [0.15, 0.2) is 34.8 Å². The van der Waals surface area contributed by atoms with Crippen LogP contribution in [0, 0.1) is 0 Å². The predicted molar refractivity (Wildman–Crippen MR) is 104 cm³/mol. The molecule has 2 heterocycles. The van der Waals surface area contributed by atoms with E-state index < -0.39 is 0 Å². The molecule has 3 rings (SSSR count). The number of imidazole rings is 1. The van der Waals surface area contributed by atoms with E-state index in [2.05, 4.69) is 20.5 Å². The molecule has 0 aliphatic heterocycles. The van der Waals surface area contributed by atoms with E-state index in [1.807, 2.05) is 63.3 Å². The molecule has 5 nitrogen and oxygen atoms in total. The van der Waals surface area contributed by atoms with Crippen molar-refractivity contribution in [2.45, 2.75) is 6.92 Å². The molecule has 2 aromatic heterocycles. The molecule has 0 saturated heterocycles. The zero-order chi connectivity index (χ0) is 17.4. The standard InChI is InChI=1S/C17H19BrN4OS/c1-5-21(4)15(23)14-10-13-16(24-14)22(17(19-13)20(2)3)12-8-6-11(18)7-9-12/h6-10H,5H2,1-4H3. The Hall–Kier alpha value is -1.86.